The summed E-state index contributed by atoms with van der Waals surface area (Å²) in [5, 5.41) is 9.22. The van der Waals surface area contributed by atoms with Gasteiger partial charge in [-0.25, -0.2) is 13.2 Å². The Bertz CT molecular complexity index is 663. The highest BCUT2D eigenvalue weighted by molar-refractivity contribution is 7.90. The molecule has 1 saturated carbocycles. The number of hydrogen-bond acceptors (Lipinski definition) is 4. The van der Waals surface area contributed by atoms with Gasteiger partial charge in [0.15, 0.2) is 9.84 Å². The molecule has 0 spiro atoms. The van der Waals surface area contributed by atoms with Crippen molar-refractivity contribution in [1.29, 1.82) is 0 Å². The van der Waals surface area contributed by atoms with E-state index in [2.05, 4.69) is 6.92 Å². The first kappa shape index (κ1) is 15.8. The number of rotatable bonds is 4. The van der Waals surface area contributed by atoms with Crippen LogP contribution in [-0.4, -0.2) is 32.9 Å². The lowest BCUT2D eigenvalue weighted by atomic mass is 9.89. The van der Waals surface area contributed by atoms with E-state index in [0.717, 1.165) is 25.5 Å². The predicted octanol–water partition coefficient (Wildman–Crippen LogP) is 2.70. The number of ether oxygens (including phenoxy) is 1. The molecule has 0 aromatic heterocycles. The first-order chi connectivity index (χ1) is 9.75. The fraction of sp³-hybridized carbons (Fsp3) is 0.533. The van der Waals surface area contributed by atoms with E-state index in [1.165, 1.54) is 13.2 Å². The maximum absolute atomic E-state index is 12.1. The molecule has 2 atom stereocenters. The van der Waals surface area contributed by atoms with Gasteiger partial charge in [-0.3, -0.25) is 0 Å². The lowest BCUT2D eigenvalue weighted by Crippen LogP contribution is -2.12. The zero-order valence-corrected chi connectivity index (χ0v) is 13.2. The van der Waals surface area contributed by atoms with E-state index in [1.807, 2.05) is 0 Å². The monoisotopic (exact) mass is 312 g/mol. The summed E-state index contributed by atoms with van der Waals surface area (Å²) in [5.41, 5.74) is 0.566. The van der Waals surface area contributed by atoms with Gasteiger partial charge in [0.2, 0.25) is 0 Å². The van der Waals surface area contributed by atoms with Crippen molar-refractivity contribution in [2.75, 3.05) is 13.4 Å². The summed E-state index contributed by atoms with van der Waals surface area (Å²) in [7, 11) is -2.10. The van der Waals surface area contributed by atoms with Crippen LogP contribution in [0.15, 0.2) is 17.0 Å². The standard InChI is InChI=1S/C15H20O5S/c1-9-5-4-6-10(9)11-7-13(20-2)12(15(16)17)8-14(11)21(3,18)19/h7-10H,4-6H2,1-3H3,(H,16,17). The largest absolute Gasteiger partial charge is 0.496 e. The average Bonchev–Trinajstić information content (AvgIpc) is 2.82. The molecule has 5 nitrogen and oxygen atoms in total. The molecule has 1 fully saturated rings. The van der Waals surface area contributed by atoms with Crippen LogP contribution in [0, 0.1) is 5.92 Å². The maximum atomic E-state index is 12.1. The molecule has 1 aromatic carbocycles. The molecule has 1 aliphatic rings. The van der Waals surface area contributed by atoms with Crippen LogP contribution in [0.3, 0.4) is 0 Å². The van der Waals surface area contributed by atoms with Crippen molar-refractivity contribution in [2.45, 2.75) is 37.0 Å². The number of carboxylic acids is 1. The van der Waals surface area contributed by atoms with Crippen LogP contribution in [0.5, 0.6) is 5.75 Å². The smallest absolute Gasteiger partial charge is 0.339 e. The fourth-order valence-electron chi connectivity index (χ4n) is 3.13. The van der Waals surface area contributed by atoms with Crippen molar-refractivity contribution in [3.8, 4) is 5.75 Å². The van der Waals surface area contributed by atoms with Crippen molar-refractivity contribution in [3.05, 3.63) is 23.3 Å². The van der Waals surface area contributed by atoms with Gasteiger partial charge in [0.1, 0.15) is 11.3 Å². The van der Waals surface area contributed by atoms with Crippen LogP contribution in [0.25, 0.3) is 0 Å². The number of benzene rings is 1. The first-order valence-electron chi connectivity index (χ1n) is 6.91. The van der Waals surface area contributed by atoms with Crippen LogP contribution in [0.1, 0.15) is 48.0 Å². The molecule has 0 aliphatic heterocycles. The van der Waals surface area contributed by atoms with E-state index < -0.39 is 15.8 Å². The van der Waals surface area contributed by atoms with E-state index in [4.69, 9.17) is 4.74 Å². The minimum absolute atomic E-state index is 0.111. The van der Waals surface area contributed by atoms with Crippen LogP contribution in [-0.2, 0) is 9.84 Å². The third kappa shape index (κ3) is 3.05. The van der Waals surface area contributed by atoms with Gasteiger partial charge in [-0.15, -0.1) is 0 Å². The molecule has 1 aromatic rings. The predicted molar refractivity (Wildman–Crippen MR) is 78.8 cm³/mol. The molecular formula is C15H20O5S. The Morgan fingerprint density at radius 2 is 2.00 bits per heavy atom. The van der Waals surface area contributed by atoms with Crippen molar-refractivity contribution in [1.82, 2.24) is 0 Å². The molecule has 0 heterocycles. The number of carbonyl (C=O) groups is 1. The summed E-state index contributed by atoms with van der Waals surface area (Å²) in [6.07, 6.45) is 4.14. The number of carboxylic acid groups (broad SMARTS) is 1. The zero-order valence-electron chi connectivity index (χ0n) is 12.4. The molecule has 0 saturated heterocycles. The van der Waals surface area contributed by atoms with E-state index in [1.54, 1.807) is 6.07 Å². The molecule has 21 heavy (non-hydrogen) atoms. The maximum Gasteiger partial charge on any atom is 0.339 e. The normalized spacial score (nSPS) is 22.2. The Morgan fingerprint density at radius 1 is 1.33 bits per heavy atom. The topological polar surface area (TPSA) is 80.7 Å². The average molecular weight is 312 g/mol. The molecular weight excluding hydrogens is 292 g/mol. The lowest BCUT2D eigenvalue weighted by Gasteiger charge is -2.20. The van der Waals surface area contributed by atoms with Crippen molar-refractivity contribution in [3.63, 3.8) is 0 Å². The summed E-state index contributed by atoms with van der Waals surface area (Å²) in [5.74, 6) is -0.468. The quantitative estimate of drug-likeness (QED) is 0.924. The molecule has 2 rings (SSSR count). The Hall–Kier alpha value is -1.56. The van der Waals surface area contributed by atoms with Gasteiger partial charge in [0, 0.05) is 6.26 Å². The van der Waals surface area contributed by atoms with E-state index in [-0.39, 0.29) is 22.1 Å². The Kier molecular flexibility index (Phi) is 4.27. The Labute approximate surface area is 124 Å². The van der Waals surface area contributed by atoms with E-state index in [9.17, 15) is 18.3 Å². The summed E-state index contributed by atoms with van der Waals surface area (Å²) >= 11 is 0. The third-order valence-electron chi connectivity index (χ3n) is 4.22. The lowest BCUT2D eigenvalue weighted by molar-refractivity contribution is 0.0693. The van der Waals surface area contributed by atoms with Gasteiger partial charge < -0.3 is 9.84 Å². The summed E-state index contributed by atoms with van der Waals surface area (Å²) < 4.78 is 29.2. The van der Waals surface area contributed by atoms with Gasteiger partial charge in [0.25, 0.3) is 0 Å². The highest BCUT2D eigenvalue weighted by atomic mass is 32.2. The van der Waals surface area contributed by atoms with E-state index >= 15 is 0 Å². The molecule has 0 amide bonds. The molecule has 0 bridgehead atoms. The second-order valence-corrected chi connectivity index (χ2v) is 7.67. The molecule has 0 radical (unpaired) electrons. The highest BCUT2D eigenvalue weighted by Crippen LogP contribution is 2.43. The summed E-state index contributed by atoms with van der Waals surface area (Å²) in [6.45, 7) is 2.10. The SMILES string of the molecule is COc1cc(C2CCCC2C)c(S(C)(=O)=O)cc1C(=O)O. The minimum atomic E-state index is -3.49. The second-order valence-electron chi connectivity index (χ2n) is 5.68. The third-order valence-corrected chi connectivity index (χ3v) is 5.38. The molecule has 6 heteroatoms. The number of sulfone groups is 1. The van der Waals surface area contributed by atoms with Crippen LogP contribution in [0.2, 0.25) is 0 Å². The molecule has 2 unspecified atom stereocenters. The number of methoxy groups -OCH3 is 1. The molecule has 116 valence electrons. The number of aromatic carboxylic acids is 1. The van der Waals surface area contributed by atoms with E-state index in [0.29, 0.717) is 11.5 Å². The summed E-state index contributed by atoms with van der Waals surface area (Å²) in [6, 6.07) is 2.82. The van der Waals surface area contributed by atoms with Gasteiger partial charge in [-0.05, 0) is 36.0 Å². The zero-order chi connectivity index (χ0) is 15.8. The molecule has 1 aliphatic carbocycles. The Morgan fingerprint density at radius 3 is 2.43 bits per heavy atom. The fourth-order valence-corrected chi connectivity index (χ4v) is 4.10. The van der Waals surface area contributed by atoms with Crippen molar-refractivity contribution >= 4 is 15.8 Å². The Balaban J connectivity index is 2.70. The van der Waals surface area contributed by atoms with Crippen LogP contribution >= 0.6 is 0 Å². The van der Waals surface area contributed by atoms with Crippen LogP contribution in [0.4, 0.5) is 0 Å². The van der Waals surface area contributed by atoms with Crippen molar-refractivity contribution in [2.24, 2.45) is 5.92 Å². The van der Waals surface area contributed by atoms with Gasteiger partial charge in [0.05, 0.1) is 12.0 Å². The first-order valence-corrected chi connectivity index (χ1v) is 8.80. The van der Waals surface area contributed by atoms with Gasteiger partial charge in [-0.1, -0.05) is 19.8 Å². The summed E-state index contributed by atoms with van der Waals surface area (Å²) in [4.78, 5) is 11.4. The van der Waals surface area contributed by atoms with Gasteiger partial charge in [-0.2, -0.15) is 0 Å². The van der Waals surface area contributed by atoms with Crippen molar-refractivity contribution < 1.29 is 23.1 Å². The highest BCUT2D eigenvalue weighted by Gasteiger charge is 2.31. The minimum Gasteiger partial charge on any atom is -0.496 e. The number of hydrogen-bond donors (Lipinski definition) is 1. The van der Waals surface area contributed by atoms with Gasteiger partial charge >= 0.3 is 5.97 Å². The molecule has 1 N–H and O–H groups in total. The second kappa shape index (κ2) is 5.67. The van der Waals surface area contributed by atoms with Crippen LogP contribution < -0.4 is 4.74 Å².